The molecular formula is C14H15BrO3S. The Bertz CT molecular complexity index is 575. The molecule has 0 aliphatic carbocycles. The number of hydrogen-bond acceptors (Lipinski definition) is 4. The molecule has 0 saturated carbocycles. The largest absolute Gasteiger partial charge is 0.488 e. The van der Waals surface area contributed by atoms with Gasteiger partial charge in [0.2, 0.25) is 0 Å². The molecule has 0 bridgehead atoms. The fourth-order valence-corrected chi connectivity index (χ4v) is 4.25. The van der Waals surface area contributed by atoms with Crippen LogP contribution in [0.1, 0.15) is 11.8 Å². The lowest BCUT2D eigenvalue weighted by Gasteiger charge is -2.12. The lowest BCUT2D eigenvalue weighted by Crippen LogP contribution is -2.18. The van der Waals surface area contributed by atoms with Crippen LogP contribution in [0.25, 0.3) is 10.1 Å². The van der Waals surface area contributed by atoms with Gasteiger partial charge in [0.05, 0.1) is 13.2 Å². The Balaban J connectivity index is 1.87. The van der Waals surface area contributed by atoms with Crippen molar-refractivity contribution in [2.75, 3.05) is 19.8 Å². The highest BCUT2D eigenvalue weighted by Crippen LogP contribution is 2.41. The van der Waals surface area contributed by atoms with E-state index in [1.807, 2.05) is 12.1 Å². The molecule has 1 aromatic heterocycles. The normalized spacial score (nSPS) is 16.3. The zero-order valence-corrected chi connectivity index (χ0v) is 13.1. The highest BCUT2D eigenvalue weighted by Gasteiger charge is 2.18. The minimum absolute atomic E-state index is 0.238. The van der Waals surface area contributed by atoms with Gasteiger partial charge in [0.25, 0.3) is 0 Å². The molecule has 19 heavy (non-hydrogen) atoms. The van der Waals surface area contributed by atoms with Crippen LogP contribution in [0.3, 0.4) is 0 Å². The topological polar surface area (TPSA) is 27.7 Å². The minimum Gasteiger partial charge on any atom is -0.488 e. The van der Waals surface area contributed by atoms with Crippen molar-refractivity contribution in [3.8, 4) is 5.75 Å². The number of rotatable bonds is 4. The summed E-state index contributed by atoms with van der Waals surface area (Å²) in [6, 6.07) is 6.14. The number of hydrogen-bond donors (Lipinski definition) is 0. The van der Waals surface area contributed by atoms with E-state index in [0.717, 1.165) is 22.0 Å². The van der Waals surface area contributed by atoms with Crippen molar-refractivity contribution >= 4 is 37.4 Å². The monoisotopic (exact) mass is 342 g/mol. The molecule has 1 aliphatic rings. The summed E-state index contributed by atoms with van der Waals surface area (Å²) in [4.78, 5) is 1.35. The zero-order valence-electron chi connectivity index (χ0n) is 10.6. The molecule has 3 rings (SSSR count). The first kappa shape index (κ1) is 13.4. The molecule has 1 aromatic carbocycles. The van der Waals surface area contributed by atoms with Crippen LogP contribution in [0.2, 0.25) is 0 Å². The molecule has 0 atom stereocenters. The van der Waals surface area contributed by atoms with Crippen LogP contribution < -0.4 is 4.74 Å². The average molecular weight is 343 g/mol. The van der Waals surface area contributed by atoms with E-state index in [-0.39, 0.29) is 6.29 Å². The number of thiophene rings is 1. The van der Waals surface area contributed by atoms with E-state index in [4.69, 9.17) is 14.2 Å². The maximum absolute atomic E-state index is 5.87. The van der Waals surface area contributed by atoms with Crippen molar-refractivity contribution in [3.63, 3.8) is 0 Å². The molecular weight excluding hydrogens is 328 g/mol. The summed E-state index contributed by atoms with van der Waals surface area (Å²) in [6.45, 7) is 3.90. The fourth-order valence-electron chi connectivity index (χ4n) is 2.14. The molecule has 1 aliphatic heterocycles. The third-order valence-corrected chi connectivity index (χ3v) is 5.51. The second-order valence-corrected chi connectivity index (χ2v) is 6.23. The molecule has 0 radical (unpaired) electrons. The molecule has 102 valence electrons. The van der Waals surface area contributed by atoms with E-state index >= 15 is 0 Å². The number of benzene rings is 1. The second-order valence-electron chi connectivity index (χ2n) is 4.30. The summed E-state index contributed by atoms with van der Waals surface area (Å²) < 4.78 is 19.0. The molecule has 1 fully saturated rings. The molecule has 0 amide bonds. The Morgan fingerprint density at radius 2 is 2.16 bits per heavy atom. The first-order valence-electron chi connectivity index (χ1n) is 6.35. The number of ether oxygens (including phenoxy) is 3. The third kappa shape index (κ3) is 2.65. The molecule has 1 saturated heterocycles. The van der Waals surface area contributed by atoms with Gasteiger partial charge in [0, 0.05) is 19.4 Å². The van der Waals surface area contributed by atoms with Crippen LogP contribution in [0, 0.1) is 0 Å². The number of halogens is 1. The van der Waals surface area contributed by atoms with Crippen LogP contribution in [0.5, 0.6) is 5.75 Å². The van der Waals surface area contributed by atoms with Gasteiger partial charge in [0.15, 0.2) is 6.29 Å². The number of aryl methyl sites for hydroxylation is 1. The summed E-state index contributed by atoms with van der Waals surface area (Å²) in [5.74, 6) is 0.888. The Kier molecular flexibility index (Phi) is 4.07. The van der Waals surface area contributed by atoms with Crippen LogP contribution in [-0.2, 0) is 15.9 Å². The Morgan fingerprint density at radius 1 is 1.37 bits per heavy atom. The van der Waals surface area contributed by atoms with E-state index in [9.17, 15) is 0 Å². The van der Waals surface area contributed by atoms with Gasteiger partial charge < -0.3 is 14.2 Å². The lowest BCUT2D eigenvalue weighted by atomic mass is 10.2. The van der Waals surface area contributed by atoms with Gasteiger partial charge in [-0.3, -0.25) is 0 Å². The van der Waals surface area contributed by atoms with E-state index in [2.05, 4.69) is 28.9 Å². The maximum atomic E-state index is 5.87. The third-order valence-electron chi connectivity index (χ3n) is 3.07. The molecule has 0 N–H and O–H groups in total. The van der Waals surface area contributed by atoms with Crippen LogP contribution in [-0.4, -0.2) is 26.1 Å². The highest BCUT2D eigenvalue weighted by molar-refractivity contribution is 9.10. The van der Waals surface area contributed by atoms with Crippen molar-refractivity contribution in [3.05, 3.63) is 27.5 Å². The lowest BCUT2D eigenvalue weighted by molar-refractivity contribution is -0.0681. The molecule has 0 unspecified atom stereocenters. The Labute approximate surface area is 124 Å². The van der Waals surface area contributed by atoms with Crippen molar-refractivity contribution < 1.29 is 14.2 Å². The van der Waals surface area contributed by atoms with Crippen molar-refractivity contribution in [2.45, 2.75) is 19.6 Å². The van der Waals surface area contributed by atoms with Crippen LogP contribution in [0.4, 0.5) is 0 Å². The quantitative estimate of drug-likeness (QED) is 0.841. The van der Waals surface area contributed by atoms with Crippen molar-refractivity contribution in [1.29, 1.82) is 0 Å². The minimum atomic E-state index is -0.238. The predicted molar refractivity (Wildman–Crippen MR) is 80.1 cm³/mol. The average Bonchev–Trinajstić information content (AvgIpc) is 3.05. The van der Waals surface area contributed by atoms with Gasteiger partial charge in [0.1, 0.15) is 12.4 Å². The molecule has 5 heteroatoms. The summed E-state index contributed by atoms with van der Waals surface area (Å²) in [7, 11) is 0. The van der Waals surface area contributed by atoms with E-state index in [0.29, 0.717) is 19.8 Å². The molecule has 2 heterocycles. The van der Waals surface area contributed by atoms with Gasteiger partial charge in [-0.2, -0.15) is 0 Å². The van der Waals surface area contributed by atoms with E-state index < -0.39 is 0 Å². The first-order chi connectivity index (χ1) is 9.29. The Morgan fingerprint density at radius 3 is 2.89 bits per heavy atom. The summed E-state index contributed by atoms with van der Waals surface area (Å²) >= 11 is 5.49. The van der Waals surface area contributed by atoms with Crippen molar-refractivity contribution in [2.24, 2.45) is 0 Å². The van der Waals surface area contributed by atoms with Gasteiger partial charge in [-0.05, 0) is 34.5 Å². The predicted octanol–water partition coefficient (Wildman–Crippen LogP) is 3.98. The summed E-state index contributed by atoms with van der Waals surface area (Å²) in [5, 5.41) is 1.15. The fraction of sp³-hybridized carbons (Fsp3) is 0.429. The second kappa shape index (κ2) is 5.79. The van der Waals surface area contributed by atoms with Gasteiger partial charge in [-0.1, -0.05) is 13.0 Å². The standard InChI is InChI=1S/C14H15BrO3S/c1-2-10-14(15)13-9(4-3-5-11(13)19-10)18-8-12-16-6-7-17-12/h3-5,12H,2,6-8H2,1H3. The van der Waals surface area contributed by atoms with Gasteiger partial charge >= 0.3 is 0 Å². The van der Waals surface area contributed by atoms with Gasteiger partial charge in [-0.15, -0.1) is 11.3 Å². The zero-order chi connectivity index (χ0) is 13.2. The van der Waals surface area contributed by atoms with E-state index in [1.165, 1.54) is 9.58 Å². The maximum Gasteiger partial charge on any atom is 0.191 e. The molecule has 2 aromatic rings. The smallest absolute Gasteiger partial charge is 0.191 e. The number of fused-ring (bicyclic) bond motifs is 1. The molecule has 3 nitrogen and oxygen atoms in total. The molecule has 0 spiro atoms. The Hall–Kier alpha value is -0.620. The van der Waals surface area contributed by atoms with Gasteiger partial charge in [-0.25, -0.2) is 0 Å². The van der Waals surface area contributed by atoms with E-state index in [1.54, 1.807) is 11.3 Å². The van der Waals surface area contributed by atoms with Crippen LogP contribution in [0.15, 0.2) is 22.7 Å². The highest BCUT2D eigenvalue weighted by atomic mass is 79.9. The summed E-state index contributed by atoms with van der Waals surface area (Å²) in [5.41, 5.74) is 0. The summed E-state index contributed by atoms with van der Waals surface area (Å²) in [6.07, 6.45) is 0.784. The van der Waals surface area contributed by atoms with Crippen LogP contribution >= 0.6 is 27.3 Å². The first-order valence-corrected chi connectivity index (χ1v) is 7.96. The SMILES string of the molecule is CCc1sc2cccc(OCC3OCCO3)c2c1Br. The van der Waals surface area contributed by atoms with Crippen molar-refractivity contribution in [1.82, 2.24) is 0 Å².